The Morgan fingerprint density at radius 3 is 2.28 bits per heavy atom. The van der Waals surface area contributed by atoms with Gasteiger partial charge in [-0.3, -0.25) is 4.99 Å². The summed E-state index contributed by atoms with van der Waals surface area (Å²) in [5.41, 5.74) is 1.05. The van der Waals surface area contributed by atoms with Gasteiger partial charge in [0.1, 0.15) is 11.6 Å². The zero-order chi connectivity index (χ0) is 21.1. The molecule has 0 atom stereocenters. The maximum Gasteiger partial charge on any atom is 0.190 e. The fourth-order valence-corrected chi connectivity index (χ4v) is 3.23. The molecule has 0 bridgehead atoms. The van der Waals surface area contributed by atoms with Gasteiger partial charge in [-0.2, -0.15) is 0 Å². The van der Waals surface area contributed by atoms with E-state index in [1.165, 1.54) is 18.4 Å². The minimum absolute atomic E-state index is 0.272. The van der Waals surface area contributed by atoms with Gasteiger partial charge in [0.05, 0.1) is 11.5 Å². The highest BCUT2D eigenvalue weighted by Gasteiger charge is 2.06. The van der Waals surface area contributed by atoms with E-state index in [0.29, 0.717) is 23.8 Å². The van der Waals surface area contributed by atoms with E-state index in [4.69, 9.17) is 4.74 Å². The molecule has 0 saturated heterocycles. The monoisotopic (exact) mass is 421 g/mol. The van der Waals surface area contributed by atoms with E-state index < -0.39 is 9.84 Å². The predicted molar refractivity (Wildman–Crippen MR) is 114 cm³/mol. The molecular weight excluding hydrogens is 393 g/mol. The minimum atomic E-state index is -3.16. The van der Waals surface area contributed by atoms with E-state index in [9.17, 15) is 12.8 Å². The molecular formula is C21H28FN3O3S. The maximum absolute atomic E-state index is 12.8. The van der Waals surface area contributed by atoms with Crippen LogP contribution >= 0.6 is 0 Å². The average molecular weight is 422 g/mol. The summed E-state index contributed by atoms with van der Waals surface area (Å²) >= 11 is 0. The second-order valence-electron chi connectivity index (χ2n) is 6.60. The fraction of sp³-hybridized carbons (Fsp3) is 0.381. The van der Waals surface area contributed by atoms with Crippen LogP contribution in [0, 0.1) is 5.82 Å². The molecule has 0 saturated carbocycles. The molecule has 0 radical (unpaired) electrons. The van der Waals surface area contributed by atoms with E-state index in [-0.39, 0.29) is 5.82 Å². The van der Waals surface area contributed by atoms with E-state index >= 15 is 0 Å². The largest absolute Gasteiger partial charge is 0.494 e. The van der Waals surface area contributed by atoms with Crippen molar-refractivity contribution in [2.24, 2.45) is 4.99 Å². The molecule has 0 aliphatic rings. The molecule has 2 N–H and O–H groups in total. The number of nitrogens with one attached hydrogen (secondary N) is 2. The number of guanidine groups is 1. The normalized spacial score (nSPS) is 11.9. The number of aliphatic imine (C=N–C) groups is 1. The Morgan fingerprint density at radius 1 is 1.00 bits per heavy atom. The first-order valence-electron chi connectivity index (χ1n) is 9.50. The highest BCUT2D eigenvalue weighted by molar-refractivity contribution is 7.90. The zero-order valence-corrected chi connectivity index (χ0v) is 17.6. The number of benzene rings is 2. The van der Waals surface area contributed by atoms with Crippen LogP contribution in [0.25, 0.3) is 0 Å². The van der Waals surface area contributed by atoms with Crippen LogP contribution in [-0.4, -0.2) is 47.4 Å². The van der Waals surface area contributed by atoms with E-state index in [2.05, 4.69) is 15.6 Å². The Hall–Kier alpha value is -2.61. The first kappa shape index (κ1) is 22.7. The SMILES string of the molecule is CN=C(NCCCCOc1ccc(F)cc1)NCCc1ccc(S(C)(=O)=O)cc1. The molecule has 29 heavy (non-hydrogen) atoms. The average Bonchev–Trinajstić information content (AvgIpc) is 2.70. The van der Waals surface area contributed by atoms with Crippen molar-refractivity contribution in [2.75, 3.05) is 33.0 Å². The van der Waals surface area contributed by atoms with Crippen LogP contribution in [0.1, 0.15) is 18.4 Å². The van der Waals surface area contributed by atoms with Crippen LogP contribution in [0.15, 0.2) is 58.4 Å². The Kier molecular flexibility index (Phi) is 8.92. The number of ether oxygens (including phenoxy) is 1. The van der Waals surface area contributed by atoms with Gasteiger partial charge in [0.2, 0.25) is 0 Å². The smallest absolute Gasteiger partial charge is 0.190 e. The number of halogens is 1. The lowest BCUT2D eigenvalue weighted by molar-refractivity contribution is 0.306. The number of sulfone groups is 1. The molecule has 0 aromatic heterocycles. The molecule has 158 valence electrons. The first-order chi connectivity index (χ1) is 13.9. The van der Waals surface area contributed by atoms with Gasteiger partial charge in [0.25, 0.3) is 0 Å². The lowest BCUT2D eigenvalue weighted by Crippen LogP contribution is -2.38. The second-order valence-corrected chi connectivity index (χ2v) is 8.62. The van der Waals surface area contributed by atoms with Crippen molar-refractivity contribution in [3.8, 4) is 5.75 Å². The van der Waals surface area contributed by atoms with E-state index in [1.807, 2.05) is 12.1 Å². The molecule has 2 rings (SSSR count). The standard InChI is InChI=1S/C21H28FN3O3S/c1-23-21(24-14-3-4-16-28-19-9-7-18(22)8-10-19)25-15-13-17-5-11-20(12-6-17)29(2,26)27/h5-12H,3-4,13-16H2,1-2H3,(H2,23,24,25). The Bertz CT molecular complexity index is 882. The van der Waals surface area contributed by atoms with E-state index in [1.54, 1.807) is 31.3 Å². The van der Waals surface area contributed by atoms with Crippen LogP contribution in [0.3, 0.4) is 0 Å². The van der Waals surface area contributed by atoms with Crippen molar-refractivity contribution in [1.29, 1.82) is 0 Å². The van der Waals surface area contributed by atoms with Crippen LogP contribution < -0.4 is 15.4 Å². The number of unbranched alkanes of at least 4 members (excludes halogenated alkanes) is 1. The van der Waals surface area contributed by atoms with Crippen molar-refractivity contribution in [2.45, 2.75) is 24.2 Å². The Morgan fingerprint density at radius 2 is 1.66 bits per heavy atom. The quantitative estimate of drug-likeness (QED) is 0.350. The third-order valence-corrected chi connectivity index (χ3v) is 5.36. The minimum Gasteiger partial charge on any atom is -0.494 e. The third-order valence-electron chi connectivity index (χ3n) is 4.23. The summed E-state index contributed by atoms with van der Waals surface area (Å²) in [7, 11) is -1.44. The van der Waals surface area contributed by atoms with Crippen molar-refractivity contribution in [1.82, 2.24) is 10.6 Å². The molecule has 8 heteroatoms. The van der Waals surface area contributed by atoms with Crippen LogP contribution in [0.4, 0.5) is 4.39 Å². The van der Waals surface area contributed by atoms with Crippen molar-refractivity contribution in [3.05, 3.63) is 59.9 Å². The zero-order valence-electron chi connectivity index (χ0n) is 16.8. The number of hydrogen-bond donors (Lipinski definition) is 2. The molecule has 2 aromatic rings. The van der Waals surface area contributed by atoms with Crippen molar-refractivity contribution in [3.63, 3.8) is 0 Å². The molecule has 6 nitrogen and oxygen atoms in total. The summed E-state index contributed by atoms with van der Waals surface area (Å²) in [6, 6.07) is 12.9. The molecule has 0 amide bonds. The van der Waals surface area contributed by atoms with Gasteiger partial charge in [-0.25, -0.2) is 12.8 Å². The van der Waals surface area contributed by atoms with Gasteiger partial charge < -0.3 is 15.4 Å². The molecule has 0 fully saturated rings. The summed E-state index contributed by atoms with van der Waals surface area (Å²) in [6.07, 6.45) is 3.74. The number of rotatable bonds is 10. The molecule has 2 aromatic carbocycles. The van der Waals surface area contributed by atoms with Gasteiger partial charge in [-0.05, 0) is 61.2 Å². The van der Waals surface area contributed by atoms with Crippen molar-refractivity contribution < 1.29 is 17.5 Å². The molecule has 0 spiro atoms. The fourth-order valence-electron chi connectivity index (χ4n) is 2.60. The summed E-state index contributed by atoms with van der Waals surface area (Å²) in [5, 5.41) is 6.48. The molecule has 0 aliphatic carbocycles. The van der Waals surface area contributed by atoms with Crippen LogP contribution in [0.5, 0.6) is 5.75 Å². The third kappa shape index (κ3) is 8.51. The summed E-state index contributed by atoms with van der Waals surface area (Å²) in [4.78, 5) is 4.52. The van der Waals surface area contributed by atoms with Gasteiger partial charge in [0, 0.05) is 26.4 Å². The summed E-state index contributed by atoms with van der Waals surface area (Å²) < 4.78 is 41.3. The van der Waals surface area contributed by atoms with Gasteiger partial charge in [-0.15, -0.1) is 0 Å². The predicted octanol–water partition coefficient (Wildman–Crippen LogP) is 2.80. The molecule has 0 unspecified atom stereocenters. The first-order valence-corrected chi connectivity index (χ1v) is 11.4. The van der Waals surface area contributed by atoms with E-state index in [0.717, 1.165) is 37.3 Å². The number of nitrogens with zero attached hydrogens (tertiary/aromatic N) is 1. The summed E-state index contributed by atoms with van der Waals surface area (Å²) in [6.45, 7) is 2.02. The van der Waals surface area contributed by atoms with Gasteiger partial charge in [0.15, 0.2) is 15.8 Å². The van der Waals surface area contributed by atoms with Gasteiger partial charge in [-0.1, -0.05) is 12.1 Å². The lowest BCUT2D eigenvalue weighted by Gasteiger charge is -2.12. The Labute approximate surface area is 172 Å². The van der Waals surface area contributed by atoms with Gasteiger partial charge >= 0.3 is 0 Å². The van der Waals surface area contributed by atoms with Crippen molar-refractivity contribution >= 4 is 15.8 Å². The Balaban J connectivity index is 1.59. The van der Waals surface area contributed by atoms with Crippen LogP contribution in [-0.2, 0) is 16.3 Å². The lowest BCUT2D eigenvalue weighted by atomic mass is 10.1. The second kappa shape index (κ2) is 11.4. The highest BCUT2D eigenvalue weighted by Crippen LogP contribution is 2.12. The summed E-state index contributed by atoms with van der Waals surface area (Å²) in [5.74, 6) is 1.12. The molecule has 0 aliphatic heterocycles. The maximum atomic E-state index is 12.8. The highest BCUT2D eigenvalue weighted by atomic mass is 32.2. The topological polar surface area (TPSA) is 79.8 Å². The molecule has 0 heterocycles. The van der Waals surface area contributed by atoms with Crippen LogP contribution in [0.2, 0.25) is 0 Å². The number of hydrogen-bond acceptors (Lipinski definition) is 4.